The van der Waals surface area contributed by atoms with Crippen molar-refractivity contribution in [2.24, 2.45) is 0 Å². The molecule has 0 aliphatic carbocycles. The van der Waals surface area contributed by atoms with Crippen molar-refractivity contribution >= 4 is 29.7 Å². The van der Waals surface area contributed by atoms with Crippen molar-refractivity contribution in [2.45, 2.75) is 105 Å². The zero-order chi connectivity index (χ0) is 60.3. The van der Waals surface area contributed by atoms with Crippen molar-refractivity contribution in [1.82, 2.24) is 29.4 Å². The first-order chi connectivity index (χ1) is 41.3. The molecule has 3 amide bonds. The van der Waals surface area contributed by atoms with Crippen LogP contribution in [0, 0.1) is 0 Å². The maximum absolute atomic E-state index is 13.3. The number of nitrogens with zero attached hydrogens (tertiary/aromatic N) is 6. The molecule has 0 spiro atoms. The Morgan fingerprint density at radius 3 is 1.06 bits per heavy atom. The quantitative estimate of drug-likeness (QED) is 0.0519. The number of likely N-dealkylation sites (N-methyl/N-ethyl adjacent to an activating group) is 3. The second-order valence-corrected chi connectivity index (χ2v) is 22.0. The Balaban J connectivity index is 0.000000279. The number of ether oxygens (including phenoxy) is 3. The van der Waals surface area contributed by atoms with E-state index < -0.39 is 18.5 Å². The van der Waals surface area contributed by atoms with Crippen LogP contribution in [0.4, 0.5) is 0 Å². The van der Waals surface area contributed by atoms with Crippen LogP contribution in [-0.2, 0) is 48.0 Å². The fourth-order valence-electron chi connectivity index (χ4n) is 11.1. The highest BCUT2D eigenvalue weighted by molar-refractivity contribution is 5.81. The Labute approximate surface area is 524 Å². The van der Waals surface area contributed by atoms with Gasteiger partial charge in [0.1, 0.15) is 17.2 Å². The summed E-state index contributed by atoms with van der Waals surface area (Å²) in [6.07, 6.45) is 7.88. The summed E-state index contributed by atoms with van der Waals surface area (Å²) in [5.74, 6) is -0.298. The van der Waals surface area contributed by atoms with E-state index in [1.54, 1.807) is 49.4 Å². The molecule has 0 bridgehead atoms. The molecule has 9 rings (SSSR count). The molecule has 16 heteroatoms. The van der Waals surface area contributed by atoms with Crippen molar-refractivity contribution in [1.29, 1.82) is 0 Å². The summed E-state index contributed by atoms with van der Waals surface area (Å²) >= 11 is 0. The molecular weight excluding hydrogens is 1110 g/mol. The minimum absolute atomic E-state index is 0. The molecule has 0 radical (unpaired) electrons. The molecule has 6 aromatic rings. The minimum atomic E-state index is -1.04. The van der Waals surface area contributed by atoms with Gasteiger partial charge in [-0.3, -0.25) is 14.4 Å². The number of hydrogen-bond donors (Lipinski definition) is 2. The number of rotatable bonds is 25. The van der Waals surface area contributed by atoms with Crippen molar-refractivity contribution in [3.8, 4) is 17.2 Å². The summed E-state index contributed by atoms with van der Waals surface area (Å²) in [5.41, 5.74) is 5.54. The number of para-hydroxylation sites is 3. The van der Waals surface area contributed by atoms with Gasteiger partial charge in [-0.15, -0.1) is 0 Å². The summed E-state index contributed by atoms with van der Waals surface area (Å²) in [4.78, 5) is 74.4. The van der Waals surface area contributed by atoms with Crippen LogP contribution in [0.5, 0.6) is 17.2 Å². The number of aromatic hydroxyl groups is 1. The summed E-state index contributed by atoms with van der Waals surface area (Å²) in [6.45, 7) is 10.5. The number of phenols is 1. The number of phenolic OH excluding ortho intramolecular Hbond substituents is 1. The van der Waals surface area contributed by atoms with Gasteiger partial charge in [0.15, 0.2) is 13.2 Å². The average molecular weight is 1210 g/mol. The highest BCUT2D eigenvalue weighted by Crippen LogP contribution is 2.29. The van der Waals surface area contributed by atoms with Gasteiger partial charge in [-0.1, -0.05) is 168 Å². The van der Waals surface area contributed by atoms with E-state index in [1.165, 1.54) is 38.5 Å². The fraction of sp³-hybridized carbons (Fsp3) is 0.431. The monoisotopic (exact) mass is 1210 g/mol. The van der Waals surface area contributed by atoms with E-state index in [9.17, 15) is 29.1 Å². The first-order valence-corrected chi connectivity index (χ1v) is 29.9. The Morgan fingerprint density at radius 2 is 0.727 bits per heavy atom. The Kier molecular flexibility index (Phi) is 31.5. The fourth-order valence-corrected chi connectivity index (χ4v) is 11.1. The Morgan fingerprint density at radius 1 is 0.432 bits per heavy atom. The van der Waals surface area contributed by atoms with E-state index in [0.29, 0.717) is 29.2 Å². The Bertz CT molecular complexity index is 3010. The minimum Gasteiger partial charge on any atom is -0.508 e. The van der Waals surface area contributed by atoms with Crippen LogP contribution in [0.3, 0.4) is 0 Å². The van der Waals surface area contributed by atoms with Crippen LogP contribution in [0.2, 0.25) is 0 Å². The van der Waals surface area contributed by atoms with Gasteiger partial charge in [0.2, 0.25) is 17.7 Å². The number of carboxylic acid groups (broad SMARTS) is 1. The summed E-state index contributed by atoms with van der Waals surface area (Å²) in [5, 5.41) is 18.8. The number of amides is 3. The normalized spacial score (nSPS) is 14.7. The van der Waals surface area contributed by atoms with Gasteiger partial charge in [-0.25, -0.2) is 9.59 Å². The third-order valence-electron chi connectivity index (χ3n) is 16.0. The summed E-state index contributed by atoms with van der Waals surface area (Å²) in [7, 11) is 5.59. The highest BCUT2D eigenvalue weighted by Gasteiger charge is 2.29. The first-order valence-electron chi connectivity index (χ1n) is 29.9. The third kappa shape index (κ3) is 22.6. The lowest BCUT2D eigenvalue weighted by molar-refractivity contribution is -0.145. The lowest BCUT2D eigenvalue weighted by atomic mass is 10.0. The predicted octanol–water partition coefficient (Wildman–Crippen LogP) is 11.6. The van der Waals surface area contributed by atoms with Gasteiger partial charge in [0, 0.05) is 57.5 Å². The molecule has 3 heterocycles. The van der Waals surface area contributed by atoms with Crippen LogP contribution in [0.15, 0.2) is 164 Å². The molecule has 6 aromatic carbocycles. The van der Waals surface area contributed by atoms with E-state index in [0.717, 1.165) is 81.2 Å². The summed E-state index contributed by atoms with van der Waals surface area (Å²) in [6, 6.07) is 52.0. The molecule has 3 saturated heterocycles. The second kappa shape index (κ2) is 38.3. The molecule has 3 fully saturated rings. The van der Waals surface area contributed by atoms with E-state index in [4.69, 9.17) is 19.3 Å². The summed E-state index contributed by atoms with van der Waals surface area (Å²) < 4.78 is 15.9. The molecule has 2 N–H and O–H groups in total. The van der Waals surface area contributed by atoms with Crippen LogP contribution >= 0.6 is 0 Å². The largest absolute Gasteiger partial charge is 0.508 e. The Hall–Kier alpha value is -8.05. The lowest BCUT2D eigenvalue weighted by Crippen LogP contribution is -2.39. The number of hydrogen-bond acceptors (Lipinski definition) is 12. The van der Waals surface area contributed by atoms with Gasteiger partial charge in [0.25, 0.3) is 0 Å². The van der Waals surface area contributed by atoms with Crippen molar-refractivity contribution in [2.75, 3.05) is 99.9 Å². The zero-order valence-electron chi connectivity index (χ0n) is 50.0. The molecule has 16 nitrogen and oxygen atoms in total. The zero-order valence-corrected chi connectivity index (χ0v) is 50.0. The molecule has 88 heavy (non-hydrogen) atoms. The smallest absolute Gasteiger partial charge is 0.344 e. The number of carbonyl (C=O) groups excluding carboxylic acids is 4. The van der Waals surface area contributed by atoms with Crippen molar-refractivity contribution in [3.63, 3.8) is 0 Å². The van der Waals surface area contributed by atoms with Gasteiger partial charge in [-0.05, 0) is 120 Å². The lowest BCUT2D eigenvalue weighted by Gasteiger charge is -2.32. The third-order valence-corrected chi connectivity index (χ3v) is 16.0. The molecule has 476 valence electrons. The molecule has 3 atom stereocenters. The number of carbonyl (C=O) groups is 5. The van der Waals surface area contributed by atoms with Gasteiger partial charge in [-0.2, -0.15) is 0 Å². The van der Waals surface area contributed by atoms with Crippen molar-refractivity contribution in [3.05, 3.63) is 197 Å². The van der Waals surface area contributed by atoms with Crippen LogP contribution in [0.1, 0.15) is 119 Å². The van der Waals surface area contributed by atoms with Crippen LogP contribution < -0.4 is 9.47 Å². The van der Waals surface area contributed by atoms with Gasteiger partial charge < -0.3 is 53.8 Å². The van der Waals surface area contributed by atoms with E-state index in [-0.39, 0.29) is 89.7 Å². The van der Waals surface area contributed by atoms with E-state index >= 15 is 0 Å². The number of benzene rings is 6. The maximum Gasteiger partial charge on any atom is 0.344 e. The average Bonchev–Trinajstić information content (AvgIpc) is 4.19. The number of aliphatic carboxylic acids is 1. The molecule has 3 aliphatic rings. The van der Waals surface area contributed by atoms with Crippen LogP contribution in [-0.4, -0.2) is 169 Å². The topological polar surface area (TPSA) is 173 Å². The number of esters is 1. The van der Waals surface area contributed by atoms with Gasteiger partial charge in [0.05, 0.1) is 44.0 Å². The van der Waals surface area contributed by atoms with Gasteiger partial charge >= 0.3 is 11.9 Å². The second-order valence-electron chi connectivity index (χ2n) is 22.0. The SMILES string of the molecule is C.C.C.CCOC(=O)COc1ccccc1CC(=O)N(C)[C@H](CN1CCCC1)c1ccccc1.CN(C(=O)Cc1ccccc1O)[C@H](CN1CCCC1)c1ccccc1.CN(C(=O)Cc1ccccc1OCC(=O)O)[C@H](CN1CCCC1)c1ccccc1. The molecule has 0 aromatic heterocycles. The number of carboxylic acids is 1. The van der Waals surface area contributed by atoms with E-state index in [1.807, 2.05) is 121 Å². The standard InChI is InChI=1S/C25H32N2O4.C23H28N2O4.C21H26N2O2.3CH4/c1-3-30-25(29)19-31-23-14-8-7-13-21(23)17-24(28)26(2)22(18-27-15-9-10-16-27)20-11-5-4-6-12-20;1-24(20(16-25-13-7-8-14-25)18-9-3-2-4-10-18)22(26)15-19-11-5-6-12-21(19)29-17-23(27)28;1-22(21(25)15-18-11-5-6-12-20(18)24)19(16-23-13-7-8-14-23)17-9-3-2-4-10-17;;;/h4-8,11-14,22H,3,9-10,15-19H2,1-2H3;2-6,9-12,20H,7-8,13-17H2,1H3,(H,27,28);2-6,9-12,19,24H,7-8,13-16H2,1H3;3*1H4/t22-;20-;19-;;;/m111.../s1. The van der Waals surface area contributed by atoms with E-state index in [2.05, 4.69) is 51.1 Å². The maximum atomic E-state index is 13.3. The first kappa shape index (κ1) is 72.4. The van der Waals surface area contributed by atoms with Crippen molar-refractivity contribution < 1.29 is 48.4 Å². The molecular formula is C72H98N6O10. The molecule has 0 unspecified atom stereocenters. The van der Waals surface area contributed by atoms with Crippen LogP contribution in [0.25, 0.3) is 0 Å². The molecule has 3 aliphatic heterocycles. The predicted molar refractivity (Wildman–Crippen MR) is 350 cm³/mol. The number of likely N-dealkylation sites (tertiary alicyclic amines) is 3. The molecule has 0 saturated carbocycles. The highest BCUT2D eigenvalue weighted by atomic mass is 16.6.